The summed E-state index contributed by atoms with van der Waals surface area (Å²) >= 11 is 0. The number of nitrogens with zero attached hydrogens (tertiary/aromatic N) is 3. The number of carbonyl (C=O) groups is 3. The number of imidazole rings is 1. The van der Waals surface area contributed by atoms with Gasteiger partial charge in [-0.1, -0.05) is 24.3 Å². The molecule has 1 unspecified atom stereocenters. The van der Waals surface area contributed by atoms with Crippen LogP contribution in [0.15, 0.2) is 48.5 Å². The van der Waals surface area contributed by atoms with Gasteiger partial charge in [0.25, 0.3) is 5.91 Å². The van der Waals surface area contributed by atoms with E-state index < -0.39 is 11.9 Å². The number of aromatic nitrogens is 2. The molecule has 5 rings (SSSR count). The second-order valence-electron chi connectivity index (χ2n) is 8.05. The molecule has 2 aliphatic rings. The van der Waals surface area contributed by atoms with E-state index in [2.05, 4.69) is 9.88 Å². The first-order chi connectivity index (χ1) is 14.9. The van der Waals surface area contributed by atoms with E-state index in [1.807, 2.05) is 62.4 Å². The number of nitrogens with one attached hydrogen (secondary N) is 1. The lowest BCUT2D eigenvalue weighted by atomic mass is 10.0. The van der Waals surface area contributed by atoms with Crippen LogP contribution in [0, 0.1) is 13.8 Å². The Bertz CT molecular complexity index is 1230. The molecule has 0 saturated carbocycles. The minimum absolute atomic E-state index is 0.171. The number of carbonyl (C=O) groups excluding carboxylic acids is 3. The Kier molecular flexibility index (Phi) is 4.46. The molecule has 0 radical (unpaired) electrons. The Hall–Kier alpha value is -3.74. The molecule has 1 fully saturated rings. The maximum atomic E-state index is 13.0. The highest BCUT2D eigenvalue weighted by Gasteiger charge is 2.39. The van der Waals surface area contributed by atoms with Crippen molar-refractivity contribution in [2.45, 2.75) is 39.3 Å². The fourth-order valence-electron chi connectivity index (χ4n) is 4.41. The van der Waals surface area contributed by atoms with Crippen LogP contribution in [-0.4, -0.2) is 38.2 Å². The lowest BCUT2D eigenvalue weighted by Crippen LogP contribution is -2.52. The number of hydrogen-bond acceptors (Lipinski definition) is 4. The highest BCUT2D eigenvalue weighted by molar-refractivity contribution is 6.05. The summed E-state index contributed by atoms with van der Waals surface area (Å²) in [6.45, 7) is 4.37. The molecule has 3 aromatic rings. The number of hydrogen-bond donors (Lipinski definition) is 1. The number of aryl methyl sites for hydroxylation is 1. The van der Waals surface area contributed by atoms with Crippen LogP contribution < -0.4 is 5.32 Å². The molecule has 7 heteroatoms. The van der Waals surface area contributed by atoms with Gasteiger partial charge in [0, 0.05) is 35.5 Å². The number of rotatable bonds is 3. The van der Waals surface area contributed by atoms with E-state index in [1.165, 1.54) is 0 Å². The molecule has 2 aliphatic heterocycles. The predicted octanol–water partition coefficient (Wildman–Crippen LogP) is 2.92. The summed E-state index contributed by atoms with van der Waals surface area (Å²) in [4.78, 5) is 43.1. The maximum Gasteiger partial charge on any atom is 0.255 e. The zero-order valence-corrected chi connectivity index (χ0v) is 17.4. The fraction of sp³-hybridized carbons (Fsp3) is 0.250. The maximum absolute atomic E-state index is 13.0. The Morgan fingerprint density at radius 2 is 1.81 bits per heavy atom. The molecule has 0 bridgehead atoms. The van der Waals surface area contributed by atoms with E-state index in [1.54, 1.807) is 4.90 Å². The molecule has 0 aliphatic carbocycles. The smallest absolute Gasteiger partial charge is 0.255 e. The van der Waals surface area contributed by atoms with Crippen LogP contribution in [0.3, 0.4) is 0 Å². The van der Waals surface area contributed by atoms with Gasteiger partial charge in [-0.3, -0.25) is 24.3 Å². The second-order valence-corrected chi connectivity index (χ2v) is 8.05. The van der Waals surface area contributed by atoms with E-state index in [9.17, 15) is 14.4 Å². The average Bonchev–Trinajstić information content (AvgIpc) is 3.25. The fourth-order valence-corrected chi connectivity index (χ4v) is 4.41. The third-order valence-electron chi connectivity index (χ3n) is 6.14. The van der Waals surface area contributed by atoms with E-state index in [0.717, 1.165) is 34.0 Å². The molecule has 0 spiro atoms. The van der Waals surface area contributed by atoms with Gasteiger partial charge in [-0.05, 0) is 50.1 Å². The van der Waals surface area contributed by atoms with Crippen LogP contribution in [0.1, 0.15) is 40.2 Å². The lowest BCUT2D eigenvalue weighted by Gasteiger charge is -2.29. The third kappa shape index (κ3) is 3.13. The summed E-state index contributed by atoms with van der Waals surface area (Å²) in [7, 11) is 0. The van der Waals surface area contributed by atoms with E-state index >= 15 is 0 Å². The van der Waals surface area contributed by atoms with Gasteiger partial charge in [0.15, 0.2) is 0 Å². The molecule has 7 nitrogen and oxygen atoms in total. The highest BCUT2D eigenvalue weighted by Crippen LogP contribution is 2.32. The molecular weight excluding hydrogens is 392 g/mol. The number of para-hydroxylation sites is 1. The summed E-state index contributed by atoms with van der Waals surface area (Å²) < 4.78 is 2.12. The SMILES string of the molecule is Cc1nc(-c2ccc3c(c2)CN(C2CCC(=O)NC2=O)C3=O)n(-c2ccccc2)c1C. The van der Waals surface area contributed by atoms with Gasteiger partial charge in [-0.25, -0.2) is 4.98 Å². The highest BCUT2D eigenvalue weighted by atomic mass is 16.2. The monoisotopic (exact) mass is 414 g/mol. The largest absolute Gasteiger partial charge is 0.322 e. The standard InChI is InChI=1S/C24H22N4O3/c1-14-15(2)28(18-6-4-3-5-7-18)22(25-14)16-8-9-19-17(12-16)13-27(24(19)31)20-10-11-21(29)26-23(20)30/h3-9,12,20H,10-11,13H2,1-2H3,(H,26,29,30). The van der Waals surface area contributed by atoms with E-state index in [0.29, 0.717) is 18.5 Å². The van der Waals surface area contributed by atoms with Crippen molar-refractivity contribution >= 4 is 17.7 Å². The summed E-state index contributed by atoms with van der Waals surface area (Å²) in [5.74, 6) is -0.0413. The Morgan fingerprint density at radius 1 is 1.03 bits per heavy atom. The van der Waals surface area contributed by atoms with Crippen molar-refractivity contribution < 1.29 is 14.4 Å². The van der Waals surface area contributed by atoms with Crippen molar-refractivity contribution in [3.63, 3.8) is 0 Å². The minimum atomic E-state index is -0.614. The minimum Gasteiger partial charge on any atom is -0.322 e. The van der Waals surface area contributed by atoms with Crippen LogP contribution in [-0.2, 0) is 16.1 Å². The first-order valence-corrected chi connectivity index (χ1v) is 10.3. The van der Waals surface area contributed by atoms with Crippen molar-refractivity contribution in [1.29, 1.82) is 0 Å². The predicted molar refractivity (Wildman–Crippen MR) is 115 cm³/mol. The number of benzene rings is 2. The van der Waals surface area contributed by atoms with Gasteiger partial charge in [-0.15, -0.1) is 0 Å². The molecule has 1 aromatic heterocycles. The van der Waals surface area contributed by atoms with Crippen molar-refractivity contribution in [1.82, 2.24) is 19.8 Å². The summed E-state index contributed by atoms with van der Waals surface area (Å²) in [6, 6.07) is 15.1. The molecular formula is C24H22N4O3. The topological polar surface area (TPSA) is 84.3 Å². The molecule has 156 valence electrons. The molecule has 1 N–H and O–H groups in total. The zero-order valence-electron chi connectivity index (χ0n) is 17.4. The number of piperidine rings is 1. The molecule has 2 aromatic carbocycles. The summed E-state index contributed by atoms with van der Waals surface area (Å²) in [6.07, 6.45) is 0.600. The summed E-state index contributed by atoms with van der Waals surface area (Å²) in [5, 5.41) is 2.34. The molecule has 1 atom stereocenters. The summed E-state index contributed by atoms with van der Waals surface area (Å²) in [5.41, 5.74) is 5.41. The average molecular weight is 414 g/mol. The quantitative estimate of drug-likeness (QED) is 0.668. The molecule has 31 heavy (non-hydrogen) atoms. The van der Waals surface area contributed by atoms with Crippen molar-refractivity contribution in [3.05, 3.63) is 71.0 Å². The van der Waals surface area contributed by atoms with Crippen molar-refractivity contribution in [2.24, 2.45) is 0 Å². The normalized spacial score (nSPS) is 18.3. The van der Waals surface area contributed by atoms with Gasteiger partial charge in [0.05, 0.1) is 5.69 Å². The Morgan fingerprint density at radius 3 is 2.55 bits per heavy atom. The third-order valence-corrected chi connectivity index (χ3v) is 6.14. The van der Waals surface area contributed by atoms with Gasteiger partial charge in [0.1, 0.15) is 11.9 Å². The molecule has 3 amide bonds. The second kappa shape index (κ2) is 7.19. The first kappa shape index (κ1) is 19.2. The van der Waals surface area contributed by atoms with Crippen molar-refractivity contribution in [2.75, 3.05) is 0 Å². The van der Waals surface area contributed by atoms with Gasteiger partial charge >= 0.3 is 0 Å². The van der Waals surface area contributed by atoms with E-state index in [-0.39, 0.29) is 18.2 Å². The number of amides is 3. The van der Waals surface area contributed by atoms with E-state index in [4.69, 9.17) is 4.98 Å². The van der Waals surface area contributed by atoms with Gasteiger partial charge in [-0.2, -0.15) is 0 Å². The Balaban J connectivity index is 1.52. The Labute approximate surface area is 179 Å². The number of fused-ring (bicyclic) bond motifs is 1. The van der Waals surface area contributed by atoms with Crippen LogP contribution in [0.5, 0.6) is 0 Å². The van der Waals surface area contributed by atoms with Crippen LogP contribution in [0.2, 0.25) is 0 Å². The zero-order chi connectivity index (χ0) is 21.7. The van der Waals surface area contributed by atoms with Crippen LogP contribution in [0.4, 0.5) is 0 Å². The van der Waals surface area contributed by atoms with Crippen molar-refractivity contribution in [3.8, 4) is 17.1 Å². The molecule has 1 saturated heterocycles. The van der Waals surface area contributed by atoms with Gasteiger partial charge in [0.2, 0.25) is 11.8 Å². The molecule has 3 heterocycles. The lowest BCUT2D eigenvalue weighted by molar-refractivity contribution is -0.136. The van der Waals surface area contributed by atoms with Gasteiger partial charge < -0.3 is 4.90 Å². The first-order valence-electron chi connectivity index (χ1n) is 10.3. The number of imide groups is 1. The van der Waals surface area contributed by atoms with Crippen LogP contribution in [0.25, 0.3) is 17.1 Å². The van der Waals surface area contributed by atoms with Crippen LogP contribution >= 0.6 is 0 Å².